The summed E-state index contributed by atoms with van der Waals surface area (Å²) in [6.45, 7) is 9.00. The van der Waals surface area contributed by atoms with Crippen LogP contribution in [0.2, 0.25) is 0 Å². The van der Waals surface area contributed by atoms with E-state index in [9.17, 15) is 5.11 Å². The van der Waals surface area contributed by atoms with Crippen molar-refractivity contribution in [2.24, 2.45) is 16.8 Å². The summed E-state index contributed by atoms with van der Waals surface area (Å²) in [6.07, 6.45) is 14.5. The second-order valence-electron chi connectivity index (χ2n) is 10.0. The standard InChI is InChI=1S/C18H23NO.C8H18/c1-12-2-5-14-11-19-18(10-17(18)16(14)8-12)9-13-3-6-15(20)7-4-13;1-4-5-6-7-8(2)3/h2,5,8,11,13,15,17,20H,3-4,6-7,9-10H2,1H3;8H,4-7H2,1-3H3. The average Bonchev–Trinajstić information content (AvgIpc) is 3.39. The molecule has 1 heterocycles. The molecule has 2 heteroatoms. The first-order valence-corrected chi connectivity index (χ1v) is 11.8. The van der Waals surface area contributed by atoms with Crippen LogP contribution in [0.4, 0.5) is 0 Å². The minimum atomic E-state index is -0.0445. The first-order valence-electron chi connectivity index (χ1n) is 11.8. The number of rotatable bonds is 6. The van der Waals surface area contributed by atoms with Crippen molar-refractivity contribution in [2.45, 2.75) is 109 Å². The number of unbranched alkanes of at least 4 members (excludes halogenated alkanes) is 2. The lowest BCUT2D eigenvalue weighted by molar-refractivity contribution is 0.103. The van der Waals surface area contributed by atoms with Crippen LogP contribution in [0.3, 0.4) is 0 Å². The summed E-state index contributed by atoms with van der Waals surface area (Å²) in [6, 6.07) is 6.76. The molecule has 2 fully saturated rings. The van der Waals surface area contributed by atoms with Crippen molar-refractivity contribution in [3.05, 3.63) is 34.9 Å². The number of aliphatic hydroxyl groups is 1. The molecule has 2 unspecified atom stereocenters. The first-order chi connectivity index (χ1) is 13.4. The van der Waals surface area contributed by atoms with E-state index in [4.69, 9.17) is 4.99 Å². The third-order valence-electron chi connectivity index (χ3n) is 6.97. The summed E-state index contributed by atoms with van der Waals surface area (Å²) in [5, 5.41) is 9.64. The van der Waals surface area contributed by atoms with Crippen LogP contribution in [-0.2, 0) is 0 Å². The van der Waals surface area contributed by atoms with E-state index >= 15 is 0 Å². The van der Waals surface area contributed by atoms with Gasteiger partial charge in [0.25, 0.3) is 0 Å². The Morgan fingerprint density at radius 3 is 2.57 bits per heavy atom. The lowest BCUT2D eigenvalue weighted by atomic mass is 9.81. The Morgan fingerprint density at radius 2 is 1.89 bits per heavy atom. The molecule has 2 nitrogen and oxygen atoms in total. The maximum atomic E-state index is 9.64. The Morgan fingerprint density at radius 1 is 1.14 bits per heavy atom. The summed E-state index contributed by atoms with van der Waals surface area (Å²) in [7, 11) is 0. The van der Waals surface area contributed by atoms with Crippen LogP contribution in [0.15, 0.2) is 23.2 Å². The second-order valence-corrected chi connectivity index (χ2v) is 10.0. The van der Waals surface area contributed by atoms with Crippen molar-refractivity contribution in [3.63, 3.8) is 0 Å². The predicted octanol–water partition coefficient (Wildman–Crippen LogP) is 6.82. The van der Waals surface area contributed by atoms with Crippen LogP contribution < -0.4 is 0 Å². The lowest BCUT2D eigenvalue weighted by Gasteiger charge is -2.29. The van der Waals surface area contributed by atoms with Gasteiger partial charge < -0.3 is 5.11 Å². The molecule has 0 amide bonds. The summed E-state index contributed by atoms with van der Waals surface area (Å²) >= 11 is 0. The zero-order valence-electron chi connectivity index (χ0n) is 18.6. The SMILES string of the molecule is CCCCCC(C)C.Cc1ccc2c(c1)C1CC1(CC1CCC(O)CC1)N=C2. The molecule has 2 saturated carbocycles. The van der Waals surface area contributed by atoms with Gasteiger partial charge in [-0.2, -0.15) is 0 Å². The Kier molecular flexibility index (Phi) is 7.36. The van der Waals surface area contributed by atoms with Gasteiger partial charge in [0.2, 0.25) is 0 Å². The summed E-state index contributed by atoms with van der Waals surface area (Å²) in [5.41, 5.74) is 4.43. The molecule has 2 aliphatic carbocycles. The van der Waals surface area contributed by atoms with Gasteiger partial charge in [-0.1, -0.05) is 70.2 Å². The fourth-order valence-electron chi connectivity index (χ4n) is 5.08. The lowest BCUT2D eigenvalue weighted by Crippen LogP contribution is -2.24. The molecule has 28 heavy (non-hydrogen) atoms. The highest BCUT2D eigenvalue weighted by Gasteiger charge is 2.57. The Bertz CT molecular complexity index is 656. The molecule has 0 radical (unpaired) electrons. The van der Waals surface area contributed by atoms with Crippen molar-refractivity contribution in [3.8, 4) is 0 Å². The number of fused-ring (bicyclic) bond motifs is 3. The summed E-state index contributed by atoms with van der Waals surface area (Å²) in [4.78, 5) is 4.93. The van der Waals surface area contributed by atoms with Gasteiger partial charge in [-0.15, -0.1) is 0 Å². The van der Waals surface area contributed by atoms with Crippen LogP contribution in [0.25, 0.3) is 0 Å². The van der Waals surface area contributed by atoms with Gasteiger partial charge in [-0.25, -0.2) is 0 Å². The fraction of sp³-hybridized carbons (Fsp3) is 0.731. The van der Waals surface area contributed by atoms with Crippen molar-refractivity contribution in [2.75, 3.05) is 0 Å². The van der Waals surface area contributed by atoms with E-state index in [1.807, 2.05) is 0 Å². The molecule has 1 aromatic carbocycles. The Hall–Kier alpha value is -1.15. The largest absolute Gasteiger partial charge is 0.393 e. The van der Waals surface area contributed by atoms with E-state index in [1.165, 1.54) is 68.1 Å². The number of nitrogens with zero attached hydrogens (tertiary/aromatic N) is 1. The molecule has 0 bridgehead atoms. The number of hydrogen-bond donors (Lipinski definition) is 1. The maximum Gasteiger partial charge on any atom is 0.0687 e. The van der Waals surface area contributed by atoms with E-state index in [0.717, 1.165) is 24.7 Å². The normalized spacial score (nSPS) is 30.3. The molecule has 2 atom stereocenters. The minimum absolute atomic E-state index is 0.0445. The average molecular weight is 384 g/mol. The highest BCUT2D eigenvalue weighted by molar-refractivity contribution is 5.85. The van der Waals surface area contributed by atoms with Crippen LogP contribution in [0.1, 0.15) is 108 Å². The maximum absolute atomic E-state index is 9.64. The molecule has 4 rings (SSSR count). The minimum Gasteiger partial charge on any atom is -0.393 e. The monoisotopic (exact) mass is 383 g/mol. The molecule has 0 saturated heterocycles. The number of aliphatic imine (C=N–C) groups is 1. The van der Waals surface area contributed by atoms with E-state index in [0.29, 0.717) is 5.92 Å². The second kappa shape index (κ2) is 9.57. The van der Waals surface area contributed by atoms with Gasteiger partial charge in [0.1, 0.15) is 0 Å². The third kappa shape index (κ3) is 5.47. The molecule has 1 aliphatic heterocycles. The van der Waals surface area contributed by atoms with Crippen molar-refractivity contribution in [1.82, 2.24) is 0 Å². The van der Waals surface area contributed by atoms with E-state index in [1.54, 1.807) is 0 Å². The predicted molar refractivity (Wildman–Crippen MR) is 120 cm³/mol. The number of hydrogen-bond acceptors (Lipinski definition) is 2. The van der Waals surface area contributed by atoms with Gasteiger partial charge in [0.15, 0.2) is 0 Å². The van der Waals surface area contributed by atoms with Crippen LogP contribution in [0, 0.1) is 18.8 Å². The number of aliphatic hydroxyl groups excluding tert-OH is 1. The summed E-state index contributed by atoms with van der Waals surface area (Å²) < 4.78 is 0. The van der Waals surface area contributed by atoms with E-state index < -0.39 is 0 Å². The zero-order chi connectivity index (χ0) is 20.1. The highest BCUT2D eigenvalue weighted by atomic mass is 16.3. The molecule has 156 valence electrons. The number of aryl methyl sites for hydroxylation is 1. The smallest absolute Gasteiger partial charge is 0.0687 e. The molecule has 0 spiro atoms. The molecular weight excluding hydrogens is 342 g/mol. The highest BCUT2D eigenvalue weighted by Crippen LogP contribution is 2.61. The number of benzene rings is 1. The van der Waals surface area contributed by atoms with E-state index in [2.05, 4.69) is 52.1 Å². The summed E-state index contributed by atoms with van der Waals surface area (Å²) in [5.74, 6) is 2.34. The molecule has 1 N–H and O–H groups in total. The van der Waals surface area contributed by atoms with Gasteiger partial charge >= 0.3 is 0 Å². The topological polar surface area (TPSA) is 32.6 Å². The fourth-order valence-corrected chi connectivity index (χ4v) is 5.08. The molecule has 1 aromatic rings. The molecule has 3 aliphatic rings. The van der Waals surface area contributed by atoms with Gasteiger partial charge in [-0.05, 0) is 68.4 Å². The zero-order valence-corrected chi connectivity index (χ0v) is 18.6. The van der Waals surface area contributed by atoms with E-state index in [-0.39, 0.29) is 11.6 Å². The first kappa shape index (κ1) is 21.6. The van der Waals surface area contributed by atoms with Crippen molar-refractivity contribution < 1.29 is 5.11 Å². The van der Waals surface area contributed by atoms with Gasteiger partial charge in [-0.3, -0.25) is 4.99 Å². The third-order valence-corrected chi connectivity index (χ3v) is 6.97. The van der Waals surface area contributed by atoms with Crippen LogP contribution >= 0.6 is 0 Å². The van der Waals surface area contributed by atoms with Gasteiger partial charge in [0.05, 0.1) is 11.6 Å². The Balaban J connectivity index is 0.000000242. The molecular formula is C26H41NO. The quantitative estimate of drug-likeness (QED) is 0.537. The van der Waals surface area contributed by atoms with Crippen molar-refractivity contribution >= 4 is 6.21 Å². The molecule has 0 aromatic heterocycles. The van der Waals surface area contributed by atoms with Crippen LogP contribution in [-0.4, -0.2) is 23.0 Å². The van der Waals surface area contributed by atoms with Crippen LogP contribution in [0.5, 0.6) is 0 Å². The Labute approximate surface area is 172 Å². The van der Waals surface area contributed by atoms with Gasteiger partial charge in [0, 0.05) is 12.1 Å². The van der Waals surface area contributed by atoms with Crippen molar-refractivity contribution in [1.29, 1.82) is 0 Å².